The maximum atomic E-state index is 13.2. The van der Waals surface area contributed by atoms with Crippen molar-refractivity contribution in [1.82, 2.24) is 14.9 Å². The fraction of sp³-hybridized carbons (Fsp3) is 0.476. The number of nitrogens with one attached hydrogen (secondary N) is 2. The Labute approximate surface area is 196 Å². The Morgan fingerprint density at radius 3 is 2.61 bits per heavy atom. The van der Waals surface area contributed by atoms with Gasteiger partial charge < -0.3 is 20.4 Å². The number of thiophene rings is 1. The standard InChI is InChI=1S/C21H28N4O6S2/c1-13(2)11-15(19(22)26)23-20(27)16-12-14(24-33(29,30)18-6-4-10-32-18)7-8-25(16)21(28)17-5-3-9-31-17/h3-6,9-10,13-16,24H,7-8,11-12H2,1-2H3,(H2,22,26)(H,23,27)/t14-,15+,16+/m0/s1. The Kier molecular flexibility index (Phi) is 7.92. The zero-order chi connectivity index (χ0) is 24.2. The van der Waals surface area contributed by atoms with Crippen LogP contribution in [0.3, 0.4) is 0 Å². The van der Waals surface area contributed by atoms with Crippen LogP contribution in [0.25, 0.3) is 0 Å². The van der Waals surface area contributed by atoms with Crippen molar-refractivity contribution in [2.24, 2.45) is 11.7 Å². The summed E-state index contributed by atoms with van der Waals surface area (Å²) >= 11 is 1.09. The molecule has 0 bridgehead atoms. The summed E-state index contributed by atoms with van der Waals surface area (Å²) in [6.07, 6.45) is 2.05. The molecule has 3 amide bonds. The van der Waals surface area contributed by atoms with Gasteiger partial charge in [-0.3, -0.25) is 14.4 Å². The maximum Gasteiger partial charge on any atom is 0.290 e. The molecule has 0 aliphatic carbocycles. The average Bonchev–Trinajstić information content (AvgIpc) is 3.46. The van der Waals surface area contributed by atoms with Gasteiger partial charge >= 0.3 is 0 Å². The fourth-order valence-electron chi connectivity index (χ4n) is 3.79. The number of rotatable bonds is 9. The molecular weight excluding hydrogens is 468 g/mol. The summed E-state index contributed by atoms with van der Waals surface area (Å²) in [5, 5.41) is 4.31. The summed E-state index contributed by atoms with van der Waals surface area (Å²) < 4.78 is 33.3. The average molecular weight is 497 g/mol. The zero-order valence-electron chi connectivity index (χ0n) is 18.4. The van der Waals surface area contributed by atoms with Crippen LogP contribution in [-0.4, -0.2) is 55.7 Å². The van der Waals surface area contributed by atoms with E-state index in [0.717, 1.165) is 11.3 Å². The highest BCUT2D eigenvalue weighted by Gasteiger charge is 2.39. The van der Waals surface area contributed by atoms with E-state index in [1.54, 1.807) is 17.5 Å². The molecule has 0 radical (unpaired) electrons. The van der Waals surface area contributed by atoms with Gasteiger partial charge in [0, 0.05) is 12.6 Å². The van der Waals surface area contributed by atoms with Crippen LogP contribution >= 0.6 is 11.3 Å². The summed E-state index contributed by atoms with van der Waals surface area (Å²) in [6.45, 7) is 3.91. The number of primary amides is 1. The number of hydrogen-bond donors (Lipinski definition) is 3. The van der Waals surface area contributed by atoms with Crippen LogP contribution in [0.15, 0.2) is 44.5 Å². The Bertz CT molecular complexity index is 1070. The lowest BCUT2D eigenvalue weighted by Crippen LogP contribution is -2.59. The Hall–Kier alpha value is -2.70. The number of carbonyl (C=O) groups excluding carboxylic acids is 3. The highest BCUT2D eigenvalue weighted by molar-refractivity contribution is 7.91. The quantitative estimate of drug-likeness (QED) is 0.476. The van der Waals surface area contributed by atoms with E-state index in [4.69, 9.17) is 10.2 Å². The lowest BCUT2D eigenvalue weighted by atomic mass is 9.95. The molecule has 0 aromatic carbocycles. The Balaban J connectivity index is 1.81. The molecule has 0 saturated carbocycles. The van der Waals surface area contributed by atoms with Gasteiger partial charge in [-0.15, -0.1) is 11.3 Å². The van der Waals surface area contributed by atoms with E-state index in [9.17, 15) is 22.8 Å². The summed E-state index contributed by atoms with van der Waals surface area (Å²) in [6, 6.07) is 3.70. The van der Waals surface area contributed by atoms with E-state index in [2.05, 4.69) is 10.0 Å². The normalized spacial score (nSPS) is 19.9. The molecule has 1 aliphatic rings. The van der Waals surface area contributed by atoms with Crippen LogP contribution in [-0.2, 0) is 19.6 Å². The van der Waals surface area contributed by atoms with Crippen LogP contribution in [0, 0.1) is 5.92 Å². The number of nitrogens with zero attached hydrogens (tertiary/aromatic N) is 1. The van der Waals surface area contributed by atoms with Crippen molar-refractivity contribution in [3.63, 3.8) is 0 Å². The molecule has 180 valence electrons. The van der Waals surface area contributed by atoms with Gasteiger partial charge in [0.2, 0.25) is 21.8 Å². The van der Waals surface area contributed by atoms with E-state index in [0.29, 0.717) is 12.8 Å². The molecule has 10 nitrogen and oxygen atoms in total. The number of nitrogens with two attached hydrogens (primary N) is 1. The van der Waals surface area contributed by atoms with Gasteiger partial charge in [-0.05, 0) is 48.8 Å². The minimum absolute atomic E-state index is 0.0377. The summed E-state index contributed by atoms with van der Waals surface area (Å²) in [5.41, 5.74) is 5.46. The SMILES string of the molecule is CC(C)C[C@@H](NC(=O)[C@H]1C[C@@H](NS(=O)(=O)c2cccs2)CCN1C(=O)c1ccco1)C(N)=O. The van der Waals surface area contributed by atoms with Crippen LogP contribution < -0.4 is 15.8 Å². The first kappa shape index (κ1) is 24.9. The van der Waals surface area contributed by atoms with E-state index in [1.165, 1.54) is 23.3 Å². The maximum absolute atomic E-state index is 13.2. The highest BCUT2D eigenvalue weighted by atomic mass is 32.2. The number of amides is 3. The molecule has 33 heavy (non-hydrogen) atoms. The van der Waals surface area contributed by atoms with Crippen molar-refractivity contribution in [2.75, 3.05) is 6.54 Å². The molecule has 12 heteroatoms. The molecule has 3 heterocycles. The predicted octanol–water partition coefficient (Wildman–Crippen LogP) is 1.31. The Morgan fingerprint density at radius 1 is 1.27 bits per heavy atom. The van der Waals surface area contributed by atoms with Crippen LogP contribution in [0.2, 0.25) is 0 Å². The van der Waals surface area contributed by atoms with Gasteiger partial charge in [-0.2, -0.15) is 0 Å². The minimum atomic E-state index is -3.76. The summed E-state index contributed by atoms with van der Waals surface area (Å²) in [5.74, 6) is -1.57. The molecule has 0 unspecified atom stereocenters. The second kappa shape index (κ2) is 10.5. The fourth-order valence-corrected chi connectivity index (χ4v) is 6.08. The number of sulfonamides is 1. The van der Waals surface area contributed by atoms with Crippen LogP contribution in [0.5, 0.6) is 0 Å². The molecule has 4 N–H and O–H groups in total. The van der Waals surface area contributed by atoms with Gasteiger partial charge in [-0.25, -0.2) is 13.1 Å². The lowest BCUT2D eigenvalue weighted by molar-refractivity contribution is -0.131. The number of carbonyl (C=O) groups is 3. The van der Waals surface area contributed by atoms with E-state index in [1.807, 2.05) is 13.8 Å². The third-order valence-corrected chi connectivity index (χ3v) is 8.26. The highest BCUT2D eigenvalue weighted by Crippen LogP contribution is 2.24. The van der Waals surface area contributed by atoms with E-state index >= 15 is 0 Å². The number of furan rings is 1. The number of piperidine rings is 1. The molecule has 2 aromatic rings. The van der Waals surface area contributed by atoms with Crippen molar-refractivity contribution in [3.8, 4) is 0 Å². The van der Waals surface area contributed by atoms with Crippen LogP contribution in [0.4, 0.5) is 0 Å². The number of hydrogen-bond acceptors (Lipinski definition) is 7. The first-order valence-electron chi connectivity index (χ1n) is 10.6. The minimum Gasteiger partial charge on any atom is -0.459 e. The van der Waals surface area contributed by atoms with Gasteiger partial charge in [-0.1, -0.05) is 19.9 Å². The topological polar surface area (TPSA) is 152 Å². The van der Waals surface area contributed by atoms with Crippen molar-refractivity contribution in [1.29, 1.82) is 0 Å². The van der Waals surface area contributed by atoms with Crippen molar-refractivity contribution in [3.05, 3.63) is 41.7 Å². The molecule has 0 spiro atoms. The molecule has 1 fully saturated rings. The van der Waals surface area contributed by atoms with Crippen molar-refractivity contribution in [2.45, 2.75) is 55.4 Å². The third kappa shape index (κ3) is 6.21. The van der Waals surface area contributed by atoms with Gasteiger partial charge in [0.05, 0.1) is 6.26 Å². The van der Waals surface area contributed by atoms with Crippen LogP contribution in [0.1, 0.15) is 43.7 Å². The zero-order valence-corrected chi connectivity index (χ0v) is 20.0. The molecule has 3 rings (SSSR count). The molecule has 1 saturated heterocycles. The molecule has 2 aromatic heterocycles. The summed E-state index contributed by atoms with van der Waals surface area (Å²) in [4.78, 5) is 39.4. The predicted molar refractivity (Wildman–Crippen MR) is 122 cm³/mol. The molecule has 3 atom stereocenters. The second-order valence-corrected chi connectivity index (χ2v) is 11.2. The summed E-state index contributed by atoms with van der Waals surface area (Å²) in [7, 11) is -3.76. The largest absolute Gasteiger partial charge is 0.459 e. The first-order valence-corrected chi connectivity index (χ1v) is 12.9. The van der Waals surface area contributed by atoms with E-state index < -0.39 is 45.9 Å². The van der Waals surface area contributed by atoms with Crippen molar-refractivity contribution >= 4 is 39.1 Å². The van der Waals surface area contributed by atoms with Gasteiger partial charge in [0.1, 0.15) is 16.3 Å². The smallest absolute Gasteiger partial charge is 0.290 e. The van der Waals surface area contributed by atoms with E-state index in [-0.39, 0.29) is 28.9 Å². The second-order valence-electron chi connectivity index (χ2n) is 8.36. The van der Waals surface area contributed by atoms with Crippen molar-refractivity contribution < 1.29 is 27.2 Å². The van der Waals surface area contributed by atoms with Gasteiger partial charge in [0.15, 0.2) is 5.76 Å². The number of likely N-dealkylation sites (tertiary alicyclic amines) is 1. The Morgan fingerprint density at radius 2 is 2.03 bits per heavy atom. The lowest BCUT2D eigenvalue weighted by Gasteiger charge is -2.38. The van der Waals surface area contributed by atoms with Gasteiger partial charge in [0.25, 0.3) is 5.91 Å². The first-order chi connectivity index (χ1) is 15.6. The monoisotopic (exact) mass is 496 g/mol. The molecule has 1 aliphatic heterocycles. The molecular formula is C21H28N4O6S2. The third-order valence-electron chi connectivity index (χ3n) is 5.35.